The molecular formula is C36H38Br2N6O3. The molecule has 11 heteroatoms. The first-order valence-corrected chi connectivity index (χ1v) is 15.3. The van der Waals surface area contributed by atoms with E-state index in [1.165, 1.54) is 22.5 Å². The number of benzene rings is 2. The molecular weight excluding hydrogens is 724 g/mol. The quantitative estimate of drug-likeness (QED) is 0.197. The van der Waals surface area contributed by atoms with Gasteiger partial charge < -0.3 is 24.9 Å². The van der Waals surface area contributed by atoms with Crippen molar-refractivity contribution >= 4 is 68.4 Å². The summed E-state index contributed by atoms with van der Waals surface area (Å²) < 4.78 is 4.30. The second-order valence-electron chi connectivity index (χ2n) is 11.2. The number of fused-ring (bicyclic) bond motifs is 4. The maximum atomic E-state index is 11.5. The van der Waals surface area contributed by atoms with Crippen molar-refractivity contribution < 1.29 is 15.1 Å². The summed E-state index contributed by atoms with van der Waals surface area (Å²) in [6.07, 6.45) is 8.67. The Morgan fingerprint density at radius 2 is 1.04 bits per heavy atom. The van der Waals surface area contributed by atoms with E-state index >= 15 is 0 Å². The van der Waals surface area contributed by atoms with E-state index in [1.54, 1.807) is 0 Å². The molecule has 8 rings (SSSR count). The third kappa shape index (κ3) is 6.88. The topological polar surface area (TPSA) is 124 Å². The number of anilines is 2. The van der Waals surface area contributed by atoms with Gasteiger partial charge in [-0.2, -0.15) is 0 Å². The average Bonchev–Trinajstić information content (AvgIpc) is 3.63. The first-order chi connectivity index (χ1) is 21.5. The van der Waals surface area contributed by atoms with Gasteiger partial charge in [0.1, 0.15) is 11.3 Å². The number of imidazole rings is 2. The van der Waals surface area contributed by atoms with Crippen molar-refractivity contribution in [2.24, 2.45) is 0 Å². The Balaban J connectivity index is 0.000000200. The summed E-state index contributed by atoms with van der Waals surface area (Å²) >= 11 is 0. The summed E-state index contributed by atoms with van der Waals surface area (Å²) in [6, 6.07) is 24.5. The number of pyridine rings is 2. The second kappa shape index (κ2) is 15.1. The molecule has 6 aromatic rings. The Hall–Kier alpha value is -4.32. The molecule has 0 bridgehead atoms. The Kier molecular flexibility index (Phi) is 11.4. The van der Waals surface area contributed by atoms with Crippen LogP contribution in [-0.2, 0) is 35.3 Å². The molecule has 4 N–H and O–H groups in total. The zero-order valence-corrected chi connectivity index (χ0v) is 29.7. The zero-order chi connectivity index (χ0) is 30.2. The number of carbonyl (C=O) groups excluding carboxylic acids is 2. The van der Waals surface area contributed by atoms with Crippen LogP contribution < -0.4 is 10.6 Å². The third-order valence-corrected chi connectivity index (χ3v) is 8.48. The van der Waals surface area contributed by atoms with E-state index in [4.69, 9.17) is 9.97 Å². The lowest BCUT2D eigenvalue weighted by molar-refractivity contribution is -0.117. The number of rotatable bonds is 4. The Bertz CT molecular complexity index is 1920. The van der Waals surface area contributed by atoms with Gasteiger partial charge in [-0.15, -0.1) is 34.0 Å². The fourth-order valence-electron chi connectivity index (χ4n) is 6.29. The lowest BCUT2D eigenvalue weighted by Crippen LogP contribution is -2.18. The minimum Gasteiger partial charge on any atom is -0.412 e. The third-order valence-electron chi connectivity index (χ3n) is 8.48. The molecule has 6 heterocycles. The van der Waals surface area contributed by atoms with Gasteiger partial charge in [0.2, 0.25) is 11.8 Å². The number of amides is 2. The molecule has 0 saturated carbocycles. The van der Waals surface area contributed by atoms with Crippen molar-refractivity contribution in [1.82, 2.24) is 18.8 Å². The molecule has 0 spiro atoms. The number of aryl methyl sites for hydroxylation is 4. The molecule has 47 heavy (non-hydrogen) atoms. The Morgan fingerprint density at radius 1 is 0.617 bits per heavy atom. The SMILES string of the molecule is Br.Br.CCc1c(-c2ccc3c(c2)CCC(=O)N3)nc2ccccn12.CCc1c(-c2ccc3c(c2)CCC(=O)N3)nc2ccccn12.O. The maximum absolute atomic E-state index is 11.5. The van der Waals surface area contributed by atoms with Crippen LogP contribution in [0.1, 0.15) is 49.2 Å². The van der Waals surface area contributed by atoms with E-state index in [2.05, 4.69) is 57.8 Å². The van der Waals surface area contributed by atoms with E-state index in [-0.39, 0.29) is 51.3 Å². The van der Waals surface area contributed by atoms with Crippen LogP contribution in [0.2, 0.25) is 0 Å². The predicted molar refractivity (Wildman–Crippen MR) is 198 cm³/mol. The van der Waals surface area contributed by atoms with Crippen LogP contribution in [0.3, 0.4) is 0 Å². The molecule has 2 aromatic carbocycles. The highest BCUT2D eigenvalue weighted by atomic mass is 79.9. The molecule has 0 unspecified atom stereocenters. The molecule has 4 aromatic heterocycles. The van der Waals surface area contributed by atoms with Crippen LogP contribution in [0.5, 0.6) is 0 Å². The molecule has 2 aliphatic heterocycles. The van der Waals surface area contributed by atoms with Crippen LogP contribution >= 0.6 is 34.0 Å². The summed E-state index contributed by atoms with van der Waals surface area (Å²) in [4.78, 5) is 32.5. The monoisotopic (exact) mass is 760 g/mol. The molecule has 2 amide bonds. The second-order valence-corrected chi connectivity index (χ2v) is 11.2. The number of nitrogens with one attached hydrogen (secondary N) is 2. The number of hydrogen-bond donors (Lipinski definition) is 2. The lowest BCUT2D eigenvalue weighted by atomic mass is 9.98. The standard InChI is InChI=1S/2C18H17N3O.2BrH.H2O/c2*1-2-15-18(20-16-5-3-4-10-21(15)16)13-6-8-14-12(11-13)7-9-17(22)19-14;;;/h2*3-6,8,10-11H,2,7,9H2,1H3,(H,19,22);2*1H;1H2. The van der Waals surface area contributed by atoms with Gasteiger partial charge in [-0.25, -0.2) is 9.97 Å². The van der Waals surface area contributed by atoms with E-state index < -0.39 is 0 Å². The van der Waals surface area contributed by atoms with Gasteiger partial charge in [-0.05, 0) is 85.3 Å². The molecule has 244 valence electrons. The van der Waals surface area contributed by atoms with Crippen LogP contribution in [0.4, 0.5) is 11.4 Å². The Morgan fingerprint density at radius 3 is 1.45 bits per heavy atom. The van der Waals surface area contributed by atoms with Crippen molar-refractivity contribution in [2.45, 2.75) is 52.4 Å². The van der Waals surface area contributed by atoms with Crippen molar-refractivity contribution in [3.05, 3.63) is 108 Å². The van der Waals surface area contributed by atoms with Gasteiger partial charge in [-0.1, -0.05) is 38.1 Å². The highest BCUT2D eigenvalue weighted by Crippen LogP contribution is 2.32. The fourth-order valence-corrected chi connectivity index (χ4v) is 6.29. The fraction of sp³-hybridized carbons (Fsp3) is 0.222. The van der Waals surface area contributed by atoms with Crippen LogP contribution in [0.25, 0.3) is 33.8 Å². The smallest absolute Gasteiger partial charge is 0.224 e. The number of hydrogen-bond acceptors (Lipinski definition) is 4. The van der Waals surface area contributed by atoms with Gasteiger partial charge in [0.25, 0.3) is 0 Å². The van der Waals surface area contributed by atoms with Gasteiger partial charge in [0, 0.05) is 47.7 Å². The number of carbonyl (C=O) groups is 2. The molecule has 0 saturated heterocycles. The predicted octanol–water partition coefficient (Wildman–Crippen LogP) is 7.23. The average molecular weight is 763 g/mol. The van der Waals surface area contributed by atoms with Crippen LogP contribution in [-0.4, -0.2) is 36.1 Å². The van der Waals surface area contributed by atoms with Crippen molar-refractivity contribution in [3.8, 4) is 22.5 Å². The molecule has 2 aliphatic rings. The minimum atomic E-state index is 0. The normalized spacial score (nSPS) is 13.1. The summed E-state index contributed by atoms with van der Waals surface area (Å²) in [5.74, 6) is 0.199. The highest BCUT2D eigenvalue weighted by Gasteiger charge is 2.19. The van der Waals surface area contributed by atoms with E-state index in [9.17, 15) is 9.59 Å². The first kappa shape index (κ1) is 35.5. The van der Waals surface area contributed by atoms with Gasteiger partial charge in [-0.3, -0.25) is 9.59 Å². The summed E-state index contributed by atoms with van der Waals surface area (Å²) in [7, 11) is 0. The van der Waals surface area contributed by atoms with Crippen molar-refractivity contribution in [1.29, 1.82) is 0 Å². The molecule has 9 nitrogen and oxygen atoms in total. The minimum absolute atomic E-state index is 0. The number of aromatic nitrogens is 4. The van der Waals surface area contributed by atoms with Crippen molar-refractivity contribution in [2.75, 3.05) is 10.6 Å². The molecule has 0 atom stereocenters. The molecule has 0 aliphatic carbocycles. The number of halogens is 2. The lowest BCUT2D eigenvalue weighted by Gasteiger charge is -2.17. The van der Waals surface area contributed by atoms with E-state index in [1.807, 2.05) is 60.7 Å². The zero-order valence-electron chi connectivity index (χ0n) is 26.2. The maximum Gasteiger partial charge on any atom is 0.224 e. The van der Waals surface area contributed by atoms with Crippen molar-refractivity contribution in [3.63, 3.8) is 0 Å². The largest absolute Gasteiger partial charge is 0.412 e. The van der Waals surface area contributed by atoms with Gasteiger partial charge in [0.05, 0.1) is 22.8 Å². The van der Waals surface area contributed by atoms with E-state index in [0.29, 0.717) is 12.8 Å². The van der Waals surface area contributed by atoms with Crippen LogP contribution in [0, 0.1) is 0 Å². The first-order valence-electron chi connectivity index (χ1n) is 15.3. The summed E-state index contributed by atoms with van der Waals surface area (Å²) in [6.45, 7) is 4.30. The van der Waals surface area contributed by atoms with E-state index in [0.717, 1.165) is 70.9 Å². The molecule has 0 radical (unpaired) electrons. The molecule has 0 fully saturated rings. The van der Waals surface area contributed by atoms with Gasteiger partial charge in [0.15, 0.2) is 0 Å². The Labute approximate surface area is 294 Å². The summed E-state index contributed by atoms with van der Waals surface area (Å²) in [5.41, 5.74) is 12.9. The van der Waals surface area contributed by atoms with Crippen LogP contribution in [0.15, 0.2) is 85.2 Å². The number of nitrogens with zero attached hydrogens (tertiary/aromatic N) is 4. The van der Waals surface area contributed by atoms with Gasteiger partial charge >= 0.3 is 0 Å². The summed E-state index contributed by atoms with van der Waals surface area (Å²) in [5, 5.41) is 5.86. The highest BCUT2D eigenvalue weighted by molar-refractivity contribution is 8.93.